The van der Waals surface area contributed by atoms with E-state index in [4.69, 9.17) is 14.2 Å². The number of ether oxygens (including phenoxy) is 3. The summed E-state index contributed by atoms with van der Waals surface area (Å²) in [6.07, 6.45) is 4.06. The van der Waals surface area contributed by atoms with Crippen LogP contribution in [0.5, 0.6) is 0 Å². The summed E-state index contributed by atoms with van der Waals surface area (Å²) in [5, 5.41) is 8.46. The maximum Gasteiger partial charge on any atom is 0.338 e. The van der Waals surface area contributed by atoms with E-state index in [0.29, 0.717) is 43.7 Å². The quantitative estimate of drug-likeness (QED) is 0.0898. The minimum Gasteiger partial charge on any atom is -0.469 e. The molecular formula is C32H45N3O6. The van der Waals surface area contributed by atoms with Gasteiger partial charge in [-0.2, -0.15) is 10.2 Å². The summed E-state index contributed by atoms with van der Waals surface area (Å²) in [7, 11) is 5.32. The number of benzene rings is 2. The van der Waals surface area contributed by atoms with Crippen molar-refractivity contribution in [3.8, 4) is 0 Å². The van der Waals surface area contributed by atoms with Crippen molar-refractivity contribution in [3.05, 3.63) is 54.1 Å². The molecule has 9 heteroatoms. The van der Waals surface area contributed by atoms with Crippen molar-refractivity contribution in [2.45, 2.75) is 66.2 Å². The van der Waals surface area contributed by atoms with Gasteiger partial charge in [0.05, 0.1) is 48.1 Å². The second kappa shape index (κ2) is 15.9. The fourth-order valence-corrected chi connectivity index (χ4v) is 4.40. The van der Waals surface area contributed by atoms with Crippen LogP contribution in [0.4, 0.5) is 17.1 Å². The molecule has 224 valence electrons. The number of anilines is 1. The van der Waals surface area contributed by atoms with Crippen LogP contribution in [-0.2, 0) is 23.8 Å². The fraction of sp³-hybridized carbons (Fsp3) is 0.531. The predicted molar refractivity (Wildman–Crippen MR) is 160 cm³/mol. The number of hydrogen-bond acceptors (Lipinski definition) is 9. The Morgan fingerprint density at radius 3 is 1.76 bits per heavy atom. The molecule has 0 fully saturated rings. The number of carbonyl (C=O) groups is 3. The lowest BCUT2D eigenvalue weighted by Gasteiger charge is -2.33. The van der Waals surface area contributed by atoms with Crippen LogP contribution < -0.4 is 4.90 Å². The van der Waals surface area contributed by atoms with Crippen LogP contribution in [0.25, 0.3) is 0 Å². The van der Waals surface area contributed by atoms with Gasteiger partial charge in [0, 0.05) is 19.8 Å². The van der Waals surface area contributed by atoms with Gasteiger partial charge in [-0.05, 0) is 108 Å². The summed E-state index contributed by atoms with van der Waals surface area (Å²) in [6, 6.07) is 14.6. The normalized spacial score (nSPS) is 13.0. The molecule has 2 rings (SSSR count). The molecule has 2 aromatic carbocycles. The highest BCUT2D eigenvalue weighted by Crippen LogP contribution is 2.38. The number of unbranched alkanes of at least 4 members (excludes halogenated alkanes) is 3. The Morgan fingerprint density at radius 1 is 0.756 bits per heavy atom. The highest BCUT2D eigenvalue weighted by molar-refractivity contribution is 5.89. The molecule has 0 saturated heterocycles. The molecule has 0 aliphatic heterocycles. The average molecular weight is 568 g/mol. The molecule has 0 aromatic heterocycles. The molecule has 0 N–H and O–H groups in total. The van der Waals surface area contributed by atoms with E-state index in [-0.39, 0.29) is 17.9 Å². The molecule has 9 nitrogen and oxygen atoms in total. The number of esters is 3. The van der Waals surface area contributed by atoms with Gasteiger partial charge in [-0.15, -0.1) is 0 Å². The first-order valence-corrected chi connectivity index (χ1v) is 14.1. The van der Waals surface area contributed by atoms with E-state index >= 15 is 0 Å². The third kappa shape index (κ3) is 10.6. The first-order chi connectivity index (χ1) is 19.4. The lowest BCUT2D eigenvalue weighted by molar-refractivity contribution is -0.161. The topological polar surface area (TPSA) is 107 Å². The number of rotatable bonds is 16. The van der Waals surface area contributed by atoms with Crippen LogP contribution in [0, 0.1) is 10.8 Å². The SMILES string of the molecule is CCC(C)(CC(C)(C)C(=O)OCCCCCCOC(=O)c1ccc(N=Nc2ccc(N(C)C)cc2)cc1)C(=O)OC. The molecule has 2 aromatic rings. The zero-order valence-electron chi connectivity index (χ0n) is 25.6. The zero-order chi connectivity index (χ0) is 30.5. The number of azo groups is 1. The summed E-state index contributed by atoms with van der Waals surface area (Å²) in [6.45, 7) is 7.95. The minimum atomic E-state index is -0.799. The maximum absolute atomic E-state index is 12.6. The number of hydrogen-bond donors (Lipinski definition) is 0. The van der Waals surface area contributed by atoms with Gasteiger partial charge in [0.25, 0.3) is 0 Å². The van der Waals surface area contributed by atoms with Crippen LogP contribution in [0.3, 0.4) is 0 Å². The fourth-order valence-electron chi connectivity index (χ4n) is 4.40. The molecule has 1 unspecified atom stereocenters. The monoisotopic (exact) mass is 567 g/mol. The van der Waals surface area contributed by atoms with E-state index in [1.54, 1.807) is 38.1 Å². The van der Waals surface area contributed by atoms with Gasteiger partial charge in [0.15, 0.2) is 0 Å². The van der Waals surface area contributed by atoms with Crippen molar-refractivity contribution in [1.29, 1.82) is 0 Å². The van der Waals surface area contributed by atoms with Crippen molar-refractivity contribution in [2.75, 3.05) is 39.3 Å². The summed E-state index contributed by atoms with van der Waals surface area (Å²) < 4.78 is 15.8. The molecule has 41 heavy (non-hydrogen) atoms. The summed E-state index contributed by atoms with van der Waals surface area (Å²) in [5.41, 5.74) is 1.40. The third-order valence-corrected chi connectivity index (χ3v) is 7.10. The van der Waals surface area contributed by atoms with E-state index in [1.807, 2.05) is 57.1 Å². The first kappa shape index (κ1) is 33.5. The highest BCUT2D eigenvalue weighted by Gasteiger charge is 2.42. The van der Waals surface area contributed by atoms with Gasteiger partial charge < -0.3 is 19.1 Å². The van der Waals surface area contributed by atoms with Crippen LogP contribution in [-0.4, -0.2) is 52.3 Å². The smallest absolute Gasteiger partial charge is 0.338 e. The van der Waals surface area contributed by atoms with Gasteiger partial charge in [0.1, 0.15) is 0 Å². The Morgan fingerprint density at radius 2 is 1.27 bits per heavy atom. The first-order valence-electron chi connectivity index (χ1n) is 14.1. The summed E-state index contributed by atoms with van der Waals surface area (Å²) in [4.78, 5) is 39.1. The Balaban J connectivity index is 1.65. The second-order valence-electron chi connectivity index (χ2n) is 11.3. The van der Waals surface area contributed by atoms with Gasteiger partial charge in [-0.3, -0.25) is 9.59 Å². The molecule has 0 spiro atoms. The maximum atomic E-state index is 12.6. The minimum absolute atomic E-state index is 0.314. The molecule has 0 amide bonds. The Kier molecular flexibility index (Phi) is 13.0. The Hall–Kier alpha value is -3.75. The third-order valence-electron chi connectivity index (χ3n) is 7.10. The van der Waals surface area contributed by atoms with Crippen molar-refractivity contribution in [2.24, 2.45) is 21.1 Å². The van der Waals surface area contributed by atoms with Gasteiger partial charge in [-0.25, -0.2) is 4.79 Å². The van der Waals surface area contributed by atoms with E-state index in [0.717, 1.165) is 30.6 Å². The van der Waals surface area contributed by atoms with Crippen LogP contribution in [0.1, 0.15) is 76.6 Å². The van der Waals surface area contributed by atoms with Crippen molar-refractivity contribution in [1.82, 2.24) is 0 Å². The predicted octanol–water partition coefficient (Wildman–Crippen LogP) is 7.43. The molecule has 0 aliphatic rings. The van der Waals surface area contributed by atoms with Crippen LogP contribution in [0.2, 0.25) is 0 Å². The van der Waals surface area contributed by atoms with Gasteiger partial charge in [-0.1, -0.05) is 6.92 Å². The molecule has 0 bridgehead atoms. The van der Waals surface area contributed by atoms with Crippen molar-refractivity contribution in [3.63, 3.8) is 0 Å². The Labute approximate surface area is 244 Å². The lowest BCUT2D eigenvalue weighted by Crippen LogP contribution is -2.38. The van der Waals surface area contributed by atoms with Crippen LogP contribution in [0.15, 0.2) is 58.8 Å². The number of nitrogens with zero attached hydrogens (tertiary/aromatic N) is 3. The van der Waals surface area contributed by atoms with E-state index in [9.17, 15) is 14.4 Å². The number of methoxy groups -OCH3 is 1. The van der Waals surface area contributed by atoms with Gasteiger partial charge >= 0.3 is 17.9 Å². The largest absolute Gasteiger partial charge is 0.469 e. The van der Waals surface area contributed by atoms with Crippen LogP contribution >= 0.6 is 0 Å². The lowest BCUT2D eigenvalue weighted by atomic mass is 9.72. The number of carbonyl (C=O) groups excluding carboxylic acids is 3. The van der Waals surface area contributed by atoms with E-state index < -0.39 is 10.8 Å². The standard InChI is InChI=1S/C32H45N3O6/c1-8-32(4,30(38)39-7)23-31(2,3)29(37)41-22-12-10-9-11-21-40-28(36)24-13-15-25(16-14-24)33-34-26-17-19-27(20-18-26)35(5)6/h13-20H,8-12,21-23H2,1-7H3. The molecule has 0 heterocycles. The van der Waals surface area contributed by atoms with Crippen molar-refractivity contribution >= 4 is 35.0 Å². The summed E-state index contributed by atoms with van der Waals surface area (Å²) >= 11 is 0. The molecule has 0 aliphatic carbocycles. The van der Waals surface area contributed by atoms with E-state index in [1.165, 1.54) is 7.11 Å². The molecular weight excluding hydrogens is 522 g/mol. The Bertz CT molecular complexity index is 1160. The molecule has 1 atom stereocenters. The van der Waals surface area contributed by atoms with Crippen molar-refractivity contribution < 1.29 is 28.6 Å². The molecule has 0 radical (unpaired) electrons. The van der Waals surface area contributed by atoms with E-state index in [2.05, 4.69) is 10.2 Å². The van der Waals surface area contributed by atoms with Gasteiger partial charge in [0.2, 0.25) is 0 Å². The highest BCUT2D eigenvalue weighted by atomic mass is 16.5. The molecule has 0 saturated carbocycles. The second-order valence-corrected chi connectivity index (χ2v) is 11.3. The average Bonchev–Trinajstić information content (AvgIpc) is 2.96. The zero-order valence-corrected chi connectivity index (χ0v) is 25.6. The summed E-state index contributed by atoms with van der Waals surface area (Å²) in [5.74, 6) is -1.01.